The van der Waals surface area contributed by atoms with Crippen molar-refractivity contribution in [2.24, 2.45) is 0 Å². The Morgan fingerprint density at radius 2 is 1.70 bits per heavy atom. The van der Waals surface area contributed by atoms with E-state index in [0.717, 1.165) is 5.52 Å². The zero-order valence-corrected chi connectivity index (χ0v) is 12.4. The summed E-state index contributed by atoms with van der Waals surface area (Å²) < 4.78 is 0. The van der Waals surface area contributed by atoms with Crippen LogP contribution in [0, 0.1) is 0 Å². The highest BCUT2D eigenvalue weighted by atomic mass is 16.3. The predicted molar refractivity (Wildman–Crippen MR) is 92.7 cm³/mol. The number of hydrogen-bond acceptors (Lipinski definition) is 3. The molecule has 23 heavy (non-hydrogen) atoms. The minimum atomic E-state index is -0.757. The molecule has 1 aromatic heterocycles. The third kappa shape index (κ3) is 3.27. The second kappa shape index (κ2) is 6.84. The summed E-state index contributed by atoms with van der Waals surface area (Å²) in [7, 11) is 0. The van der Waals surface area contributed by atoms with Crippen molar-refractivity contribution >= 4 is 27.6 Å². The van der Waals surface area contributed by atoms with Gasteiger partial charge in [-0.3, -0.25) is 4.98 Å². The minimum Gasteiger partial charge on any atom is -0.384 e. The topological polar surface area (TPSA) is 50.2 Å². The van der Waals surface area contributed by atoms with E-state index in [1.165, 1.54) is 28.3 Å². The van der Waals surface area contributed by atoms with Gasteiger partial charge in [-0.2, -0.15) is 0 Å². The highest BCUT2D eigenvalue weighted by Gasteiger charge is 2.06. The minimum absolute atomic E-state index is 0.289. The predicted octanol–water partition coefficient (Wildman–Crippen LogP) is 3.62. The van der Waals surface area contributed by atoms with E-state index >= 15 is 0 Å². The Labute approximate surface area is 133 Å². The van der Waals surface area contributed by atoms with Crippen LogP contribution in [0.25, 0.3) is 21.7 Å². The van der Waals surface area contributed by atoms with Crippen LogP contribution in [0.5, 0.6) is 0 Å². The maximum atomic E-state index is 9.96. The summed E-state index contributed by atoms with van der Waals surface area (Å²) in [6.07, 6.45) is 7.61. The number of fused-ring (bicyclic) bond motifs is 3. The molecular weight excluding hydrogens is 286 g/mol. The molecular formula is C20H15NO2. The van der Waals surface area contributed by atoms with E-state index in [0.29, 0.717) is 0 Å². The van der Waals surface area contributed by atoms with Gasteiger partial charge in [0.2, 0.25) is 0 Å². The van der Waals surface area contributed by atoms with Crippen LogP contribution >= 0.6 is 0 Å². The molecule has 3 nitrogen and oxygen atoms in total. The quantitative estimate of drug-likeness (QED) is 0.509. The van der Waals surface area contributed by atoms with Gasteiger partial charge < -0.3 is 5.11 Å². The maximum absolute atomic E-state index is 9.96. The number of pyridine rings is 1. The molecule has 1 N–H and O–H groups in total. The second-order valence-electron chi connectivity index (χ2n) is 5.11. The standard InChI is InChI=1S/C13H9N.C7H6O2/c1-2-6-11-10(5-1)9-14-13-8-4-3-7-12(11)13;8-5-6-3-1-2-4-7(6)9/h1-9H;1-4,7,9H. The fraction of sp³-hybridized carbons (Fsp3) is 0.0500. The molecule has 2 aromatic carbocycles. The summed E-state index contributed by atoms with van der Waals surface area (Å²) in [5, 5.41) is 12.6. The average molecular weight is 301 g/mol. The number of aliphatic hydroxyl groups excluding tert-OH is 1. The third-order valence-electron chi connectivity index (χ3n) is 3.61. The first kappa shape index (κ1) is 14.9. The molecule has 1 heterocycles. The molecule has 3 aromatic rings. The number of aliphatic hydroxyl groups is 1. The van der Waals surface area contributed by atoms with Crippen molar-refractivity contribution in [2.75, 3.05) is 0 Å². The van der Waals surface area contributed by atoms with Gasteiger partial charge >= 0.3 is 0 Å². The summed E-state index contributed by atoms with van der Waals surface area (Å²) in [4.78, 5) is 14.4. The number of nitrogens with zero attached hydrogens (tertiary/aromatic N) is 1. The van der Waals surface area contributed by atoms with E-state index in [1.54, 1.807) is 18.1 Å². The smallest absolute Gasteiger partial charge is 0.131 e. The lowest BCUT2D eigenvalue weighted by atomic mass is 10.1. The van der Waals surface area contributed by atoms with Crippen molar-refractivity contribution in [3.05, 3.63) is 84.6 Å². The van der Waals surface area contributed by atoms with Gasteiger partial charge in [0.25, 0.3) is 0 Å². The first-order valence-corrected chi connectivity index (χ1v) is 7.30. The number of hydrogen-bond donors (Lipinski definition) is 1. The van der Waals surface area contributed by atoms with Gasteiger partial charge in [0.15, 0.2) is 0 Å². The first-order valence-electron chi connectivity index (χ1n) is 7.30. The van der Waals surface area contributed by atoms with Crippen molar-refractivity contribution in [1.82, 2.24) is 4.98 Å². The molecule has 1 aliphatic carbocycles. The van der Waals surface area contributed by atoms with E-state index in [1.807, 2.05) is 24.4 Å². The molecule has 1 aliphatic rings. The fourth-order valence-corrected chi connectivity index (χ4v) is 2.43. The number of rotatable bonds is 0. The van der Waals surface area contributed by atoms with Crippen molar-refractivity contribution < 1.29 is 9.90 Å². The molecule has 112 valence electrons. The second-order valence-corrected chi connectivity index (χ2v) is 5.11. The highest BCUT2D eigenvalue weighted by molar-refractivity contribution is 6.05. The van der Waals surface area contributed by atoms with E-state index < -0.39 is 6.10 Å². The molecule has 0 saturated heterocycles. The van der Waals surface area contributed by atoms with Gasteiger partial charge in [0.05, 0.1) is 11.1 Å². The Morgan fingerprint density at radius 3 is 2.43 bits per heavy atom. The lowest BCUT2D eigenvalue weighted by Gasteiger charge is -2.03. The van der Waals surface area contributed by atoms with Crippen molar-refractivity contribution in [1.29, 1.82) is 0 Å². The van der Waals surface area contributed by atoms with Gasteiger partial charge in [-0.25, -0.2) is 4.79 Å². The first-order chi connectivity index (χ1) is 11.3. The molecule has 0 saturated carbocycles. The van der Waals surface area contributed by atoms with E-state index in [9.17, 15) is 4.79 Å². The Morgan fingerprint density at radius 1 is 0.957 bits per heavy atom. The molecule has 0 aliphatic heterocycles. The van der Waals surface area contributed by atoms with Crippen LogP contribution in [-0.4, -0.2) is 22.1 Å². The molecule has 0 bridgehead atoms. The Bertz CT molecular complexity index is 895. The van der Waals surface area contributed by atoms with Crippen LogP contribution in [0.15, 0.2) is 84.6 Å². The largest absolute Gasteiger partial charge is 0.384 e. The zero-order valence-electron chi connectivity index (χ0n) is 12.4. The SMILES string of the molecule is O=C=C1C=CC=CC1O.c1ccc2c(c1)cnc1ccccc12. The summed E-state index contributed by atoms with van der Waals surface area (Å²) in [6, 6.07) is 16.6. The summed E-state index contributed by atoms with van der Waals surface area (Å²) >= 11 is 0. The Balaban J connectivity index is 0.000000151. The molecule has 0 fully saturated rings. The lowest BCUT2D eigenvalue weighted by Crippen LogP contribution is -2.06. The molecule has 3 heteroatoms. The molecule has 4 rings (SSSR count). The highest BCUT2D eigenvalue weighted by Crippen LogP contribution is 2.22. The van der Waals surface area contributed by atoms with E-state index in [2.05, 4.69) is 35.3 Å². The van der Waals surface area contributed by atoms with Crippen LogP contribution < -0.4 is 0 Å². The zero-order chi connectivity index (χ0) is 16.1. The van der Waals surface area contributed by atoms with E-state index in [4.69, 9.17) is 5.11 Å². The van der Waals surface area contributed by atoms with Crippen molar-refractivity contribution in [3.8, 4) is 0 Å². The molecule has 0 amide bonds. The number of para-hydroxylation sites is 1. The number of allylic oxidation sites excluding steroid dienone is 2. The van der Waals surface area contributed by atoms with Crippen LogP contribution in [0.2, 0.25) is 0 Å². The molecule has 1 atom stereocenters. The Kier molecular flexibility index (Phi) is 4.44. The lowest BCUT2D eigenvalue weighted by molar-refractivity contribution is 0.263. The summed E-state index contributed by atoms with van der Waals surface area (Å²) in [5.41, 5.74) is 1.35. The van der Waals surface area contributed by atoms with Crippen LogP contribution in [0.1, 0.15) is 0 Å². The summed E-state index contributed by atoms with van der Waals surface area (Å²) in [5.74, 6) is 1.63. The van der Waals surface area contributed by atoms with Crippen LogP contribution in [0.4, 0.5) is 0 Å². The monoisotopic (exact) mass is 301 g/mol. The number of aromatic nitrogens is 1. The van der Waals surface area contributed by atoms with Gasteiger partial charge in [-0.05, 0) is 17.5 Å². The number of carbonyl (C=O) groups excluding carboxylic acids is 1. The summed E-state index contributed by atoms with van der Waals surface area (Å²) in [6.45, 7) is 0. The Hall–Kier alpha value is -3.00. The molecule has 1 unspecified atom stereocenters. The molecule has 0 radical (unpaired) electrons. The van der Waals surface area contributed by atoms with Crippen LogP contribution in [0.3, 0.4) is 0 Å². The average Bonchev–Trinajstić information content (AvgIpc) is 2.62. The number of benzene rings is 2. The van der Waals surface area contributed by atoms with Crippen LogP contribution in [-0.2, 0) is 4.79 Å². The van der Waals surface area contributed by atoms with Gasteiger partial charge in [0, 0.05) is 17.0 Å². The van der Waals surface area contributed by atoms with Crippen molar-refractivity contribution in [2.45, 2.75) is 6.10 Å². The maximum Gasteiger partial charge on any atom is 0.131 e. The normalized spacial score (nSPS) is 16.0. The fourth-order valence-electron chi connectivity index (χ4n) is 2.43. The molecule has 0 spiro atoms. The van der Waals surface area contributed by atoms with Gasteiger partial charge in [-0.1, -0.05) is 60.7 Å². The van der Waals surface area contributed by atoms with Gasteiger partial charge in [0.1, 0.15) is 12.0 Å². The van der Waals surface area contributed by atoms with Gasteiger partial charge in [-0.15, -0.1) is 0 Å². The van der Waals surface area contributed by atoms with E-state index in [-0.39, 0.29) is 5.57 Å². The van der Waals surface area contributed by atoms with Crippen molar-refractivity contribution in [3.63, 3.8) is 0 Å². The third-order valence-corrected chi connectivity index (χ3v) is 3.61.